The van der Waals surface area contributed by atoms with Gasteiger partial charge in [0, 0.05) is 30.9 Å². The van der Waals surface area contributed by atoms with E-state index in [9.17, 15) is 0 Å². The van der Waals surface area contributed by atoms with Crippen LogP contribution >= 0.6 is 11.3 Å². The molecule has 1 atom stereocenters. The first kappa shape index (κ1) is 14.8. The van der Waals surface area contributed by atoms with E-state index in [1.807, 2.05) is 11.3 Å². The van der Waals surface area contributed by atoms with Crippen LogP contribution in [0.4, 0.5) is 0 Å². The second-order valence-electron chi connectivity index (χ2n) is 5.83. The highest BCUT2D eigenvalue weighted by Gasteiger charge is 2.26. The summed E-state index contributed by atoms with van der Waals surface area (Å²) in [6, 6.07) is 8.62. The fraction of sp³-hybridized carbons (Fsp3) is 0.412. The Labute approximate surface area is 139 Å². The SMILES string of the molecule is CCn1cnnc1[C@H]1CN(Cc2csc3ccccc23)CCO1. The maximum Gasteiger partial charge on any atom is 0.163 e. The third-order valence-corrected chi connectivity index (χ3v) is 5.39. The molecule has 1 aromatic carbocycles. The molecule has 3 aromatic rings. The molecule has 2 aromatic heterocycles. The number of rotatable bonds is 4. The lowest BCUT2D eigenvalue weighted by atomic mass is 10.1. The van der Waals surface area contributed by atoms with Crippen LogP contribution in [0.25, 0.3) is 10.1 Å². The zero-order chi connectivity index (χ0) is 15.6. The number of nitrogens with zero attached hydrogens (tertiary/aromatic N) is 4. The van der Waals surface area contributed by atoms with E-state index in [0.29, 0.717) is 0 Å². The summed E-state index contributed by atoms with van der Waals surface area (Å²) in [5, 5.41) is 11.9. The Bertz CT molecular complexity index is 797. The molecule has 23 heavy (non-hydrogen) atoms. The van der Waals surface area contributed by atoms with Crippen LogP contribution in [-0.4, -0.2) is 39.4 Å². The summed E-state index contributed by atoms with van der Waals surface area (Å²) in [5.74, 6) is 0.937. The third kappa shape index (κ3) is 2.89. The lowest BCUT2D eigenvalue weighted by Crippen LogP contribution is -2.38. The first-order valence-corrected chi connectivity index (χ1v) is 8.90. The topological polar surface area (TPSA) is 43.2 Å². The molecule has 0 radical (unpaired) electrons. The quantitative estimate of drug-likeness (QED) is 0.738. The van der Waals surface area contributed by atoms with Crippen molar-refractivity contribution in [2.24, 2.45) is 0 Å². The van der Waals surface area contributed by atoms with Gasteiger partial charge in [0.1, 0.15) is 12.4 Å². The average molecular weight is 328 g/mol. The second kappa shape index (κ2) is 6.39. The molecule has 1 fully saturated rings. The van der Waals surface area contributed by atoms with Crippen molar-refractivity contribution in [2.45, 2.75) is 26.1 Å². The molecule has 0 bridgehead atoms. The molecule has 1 aliphatic rings. The van der Waals surface area contributed by atoms with E-state index in [-0.39, 0.29) is 6.10 Å². The Balaban J connectivity index is 1.51. The molecule has 1 saturated heterocycles. The number of aryl methyl sites for hydroxylation is 1. The van der Waals surface area contributed by atoms with Crippen molar-refractivity contribution in [1.29, 1.82) is 0 Å². The molecule has 120 valence electrons. The van der Waals surface area contributed by atoms with Gasteiger partial charge in [-0.25, -0.2) is 0 Å². The number of morpholine rings is 1. The lowest BCUT2D eigenvalue weighted by molar-refractivity contribution is -0.0387. The number of benzene rings is 1. The molecule has 0 aliphatic carbocycles. The molecule has 0 N–H and O–H groups in total. The maximum atomic E-state index is 5.94. The van der Waals surface area contributed by atoms with Crippen molar-refractivity contribution in [3.63, 3.8) is 0 Å². The van der Waals surface area contributed by atoms with Crippen LogP contribution in [0.5, 0.6) is 0 Å². The van der Waals surface area contributed by atoms with Gasteiger partial charge in [-0.15, -0.1) is 21.5 Å². The van der Waals surface area contributed by atoms with Crippen molar-refractivity contribution in [1.82, 2.24) is 19.7 Å². The molecular formula is C17H20N4OS. The van der Waals surface area contributed by atoms with E-state index < -0.39 is 0 Å². The van der Waals surface area contributed by atoms with Crippen molar-refractivity contribution in [3.05, 3.63) is 47.4 Å². The fourth-order valence-electron chi connectivity index (χ4n) is 3.16. The summed E-state index contributed by atoms with van der Waals surface area (Å²) in [4.78, 5) is 2.46. The maximum absolute atomic E-state index is 5.94. The zero-order valence-corrected chi connectivity index (χ0v) is 14.0. The highest BCUT2D eigenvalue weighted by molar-refractivity contribution is 7.17. The van der Waals surface area contributed by atoms with Gasteiger partial charge in [0.25, 0.3) is 0 Å². The van der Waals surface area contributed by atoms with Crippen LogP contribution in [0.1, 0.15) is 24.4 Å². The van der Waals surface area contributed by atoms with E-state index in [1.165, 1.54) is 15.6 Å². The first-order valence-electron chi connectivity index (χ1n) is 8.02. The number of fused-ring (bicyclic) bond motifs is 1. The number of ether oxygens (including phenoxy) is 1. The largest absolute Gasteiger partial charge is 0.368 e. The Morgan fingerprint density at radius 3 is 3.17 bits per heavy atom. The van der Waals surface area contributed by atoms with Gasteiger partial charge in [0.2, 0.25) is 0 Å². The third-order valence-electron chi connectivity index (χ3n) is 4.38. The predicted molar refractivity (Wildman–Crippen MR) is 91.5 cm³/mol. The Morgan fingerprint density at radius 2 is 2.26 bits per heavy atom. The molecule has 5 nitrogen and oxygen atoms in total. The van der Waals surface area contributed by atoms with E-state index in [2.05, 4.69) is 56.2 Å². The summed E-state index contributed by atoms with van der Waals surface area (Å²) in [7, 11) is 0. The number of aromatic nitrogens is 3. The number of thiophene rings is 1. The average Bonchev–Trinajstić information content (AvgIpc) is 3.22. The molecule has 0 amide bonds. The second-order valence-corrected chi connectivity index (χ2v) is 6.74. The number of hydrogen-bond donors (Lipinski definition) is 0. The van der Waals surface area contributed by atoms with Crippen LogP contribution < -0.4 is 0 Å². The van der Waals surface area contributed by atoms with Crippen LogP contribution in [-0.2, 0) is 17.8 Å². The normalized spacial score (nSPS) is 19.4. The van der Waals surface area contributed by atoms with Gasteiger partial charge in [-0.3, -0.25) is 4.90 Å². The fourth-order valence-corrected chi connectivity index (χ4v) is 4.11. The van der Waals surface area contributed by atoms with Crippen molar-refractivity contribution < 1.29 is 4.74 Å². The van der Waals surface area contributed by atoms with Crippen molar-refractivity contribution in [3.8, 4) is 0 Å². The van der Waals surface area contributed by atoms with Crippen LogP contribution in [0.2, 0.25) is 0 Å². The molecule has 3 heterocycles. The number of hydrogen-bond acceptors (Lipinski definition) is 5. The minimum Gasteiger partial charge on any atom is -0.368 e. The minimum atomic E-state index is 0.0103. The minimum absolute atomic E-state index is 0.0103. The molecule has 4 rings (SSSR count). The van der Waals surface area contributed by atoms with Gasteiger partial charge in [-0.2, -0.15) is 0 Å². The smallest absolute Gasteiger partial charge is 0.163 e. The van der Waals surface area contributed by atoms with Crippen LogP contribution in [0.3, 0.4) is 0 Å². The van der Waals surface area contributed by atoms with E-state index in [1.54, 1.807) is 6.33 Å². The standard InChI is InChI=1S/C17H20N4OS/c1-2-21-12-18-19-17(21)15-10-20(7-8-22-15)9-13-11-23-16-6-4-3-5-14(13)16/h3-6,11-12,15H,2,7-10H2,1H3/t15-/m1/s1. The van der Waals surface area contributed by atoms with E-state index in [0.717, 1.165) is 38.6 Å². The van der Waals surface area contributed by atoms with Crippen molar-refractivity contribution in [2.75, 3.05) is 19.7 Å². The van der Waals surface area contributed by atoms with E-state index in [4.69, 9.17) is 4.74 Å². The lowest BCUT2D eigenvalue weighted by Gasteiger charge is -2.32. The Kier molecular flexibility index (Phi) is 4.11. The molecular weight excluding hydrogens is 308 g/mol. The summed E-state index contributed by atoms with van der Waals surface area (Å²) in [6.07, 6.45) is 1.79. The van der Waals surface area contributed by atoms with Crippen LogP contribution in [0, 0.1) is 0 Å². The van der Waals surface area contributed by atoms with E-state index >= 15 is 0 Å². The van der Waals surface area contributed by atoms with Gasteiger partial charge < -0.3 is 9.30 Å². The first-order chi connectivity index (χ1) is 11.3. The molecule has 0 saturated carbocycles. The Morgan fingerprint density at radius 1 is 1.35 bits per heavy atom. The highest BCUT2D eigenvalue weighted by Crippen LogP contribution is 2.28. The zero-order valence-electron chi connectivity index (χ0n) is 13.2. The summed E-state index contributed by atoms with van der Waals surface area (Å²) < 4.78 is 9.36. The van der Waals surface area contributed by atoms with Gasteiger partial charge in [0.05, 0.1) is 6.61 Å². The predicted octanol–water partition coefficient (Wildman–Crippen LogP) is 3.09. The monoisotopic (exact) mass is 328 g/mol. The summed E-state index contributed by atoms with van der Waals surface area (Å²) in [5.41, 5.74) is 1.41. The molecule has 0 spiro atoms. The summed E-state index contributed by atoms with van der Waals surface area (Å²) >= 11 is 1.82. The Hall–Kier alpha value is -1.76. The summed E-state index contributed by atoms with van der Waals surface area (Å²) in [6.45, 7) is 6.50. The van der Waals surface area contributed by atoms with Crippen LogP contribution in [0.15, 0.2) is 36.0 Å². The van der Waals surface area contributed by atoms with Crippen molar-refractivity contribution >= 4 is 21.4 Å². The molecule has 0 unspecified atom stereocenters. The van der Waals surface area contributed by atoms with Gasteiger partial charge >= 0.3 is 0 Å². The molecule has 6 heteroatoms. The molecule has 1 aliphatic heterocycles. The van der Waals surface area contributed by atoms with Gasteiger partial charge in [-0.1, -0.05) is 18.2 Å². The van der Waals surface area contributed by atoms with Gasteiger partial charge in [-0.05, 0) is 29.3 Å². The highest BCUT2D eigenvalue weighted by atomic mass is 32.1. The van der Waals surface area contributed by atoms with Gasteiger partial charge in [0.15, 0.2) is 5.82 Å².